The number of thiophene rings is 1. The highest BCUT2D eigenvalue weighted by Gasteiger charge is 2.17. The minimum Gasteiger partial charge on any atom is -0.309 e. The van der Waals surface area contributed by atoms with Crippen LogP contribution in [0.25, 0.3) is 104 Å². The minimum atomic E-state index is 0.649. The maximum absolute atomic E-state index is 5.08. The van der Waals surface area contributed by atoms with E-state index in [-0.39, 0.29) is 0 Å². The number of hydrogen-bond acceptors (Lipinski definition) is 4. The van der Waals surface area contributed by atoms with Gasteiger partial charge in [0.2, 0.25) is 0 Å². The lowest BCUT2D eigenvalue weighted by Crippen LogP contribution is -2.00. The molecule has 0 radical (unpaired) electrons. The minimum absolute atomic E-state index is 0.649. The Morgan fingerprint density at radius 1 is 0.433 bits per heavy atom. The molecule has 0 fully saturated rings. The van der Waals surface area contributed by atoms with Crippen molar-refractivity contribution in [2.24, 2.45) is 0 Å². The van der Waals surface area contributed by atoms with Gasteiger partial charge in [-0.05, 0) is 83.1 Å². The van der Waals surface area contributed by atoms with E-state index in [2.05, 4.69) is 181 Å². The van der Waals surface area contributed by atoms with Gasteiger partial charge in [-0.3, -0.25) is 0 Å². The Hall–Kier alpha value is -7.21. The summed E-state index contributed by atoms with van der Waals surface area (Å²) in [5, 5.41) is 5.11. The monoisotopic (exact) mass is 788 g/mol. The number of aromatic nitrogens is 4. The van der Waals surface area contributed by atoms with Crippen molar-refractivity contribution in [3.63, 3.8) is 0 Å². The van der Waals surface area contributed by atoms with Gasteiger partial charge in [0.1, 0.15) is 0 Å². The first-order valence-corrected chi connectivity index (χ1v) is 21.6. The van der Waals surface area contributed by atoms with Crippen LogP contribution in [0.5, 0.6) is 0 Å². The van der Waals surface area contributed by atoms with Crippen molar-refractivity contribution in [2.75, 3.05) is 0 Å². The molecule has 11 aromatic rings. The lowest BCUT2D eigenvalue weighted by molar-refractivity contribution is 0.795. The number of para-hydroxylation sites is 1. The molecule has 0 bridgehead atoms. The van der Waals surface area contributed by atoms with Crippen molar-refractivity contribution in [1.82, 2.24) is 19.5 Å². The zero-order valence-electron chi connectivity index (χ0n) is 33.2. The molecule has 60 heavy (non-hydrogen) atoms. The third-order valence-electron chi connectivity index (χ3n) is 11.6. The second-order valence-corrected chi connectivity index (χ2v) is 16.5. The molecule has 3 aromatic heterocycles. The van der Waals surface area contributed by atoms with Crippen LogP contribution in [0.4, 0.5) is 0 Å². The molecule has 8 aromatic carbocycles. The van der Waals surface area contributed by atoms with Crippen molar-refractivity contribution in [2.45, 2.75) is 26.2 Å². The van der Waals surface area contributed by atoms with E-state index < -0.39 is 0 Å². The number of fused-ring (bicyclic) bond motifs is 6. The van der Waals surface area contributed by atoms with E-state index in [1.54, 1.807) is 0 Å². The normalized spacial score (nSPS) is 11.6. The molecule has 0 aliphatic carbocycles. The molecule has 0 saturated carbocycles. The Bertz CT molecular complexity index is 3360. The van der Waals surface area contributed by atoms with Gasteiger partial charge < -0.3 is 4.57 Å². The summed E-state index contributed by atoms with van der Waals surface area (Å²) in [4.78, 5) is 15.1. The highest BCUT2D eigenvalue weighted by atomic mass is 32.1. The molecule has 5 heteroatoms. The topological polar surface area (TPSA) is 43.6 Å². The number of nitrogens with zero attached hydrogens (tertiary/aromatic N) is 4. The summed E-state index contributed by atoms with van der Waals surface area (Å²) in [6.45, 7) is 2.23. The van der Waals surface area contributed by atoms with Gasteiger partial charge in [-0.15, -0.1) is 11.3 Å². The second kappa shape index (κ2) is 15.2. The molecule has 0 aliphatic heterocycles. The smallest absolute Gasteiger partial charge is 0.164 e. The molecule has 0 saturated heterocycles. The van der Waals surface area contributed by atoms with E-state index in [9.17, 15) is 0 Å². The van der Waals surface area contributed by atoms with E-state index >= 15 is 0 Å². The first kappa shape index (κ1) is 35.9. The quantitative estimate of drug-likeness (QED) is 0.146. The number of hydrogen-bond donors (Lipinski definition) is 0. The van der Waals surface area contributed by atoms with E-state index in [1.165, 1.54) is 71.5 Å². The Morgan fingerprint density at radius 3 is 1.85 bits per heavy atom. The fourth-order valence-corrected chi connectivity index (χ4v) is 9.85. The zero-order valence-corrected chi connectivity index (χ0v) is 34.0. The van der Waals surface area contributed by atoms with Crippen molar-refractivity contribution in [3.05, 3.63) is 194 Å². The van der Waals surface area contributed by atoms with Gasteiger partial charge in [-0.2, -0.15) is 0 Å². The highest BCUT2D eigenvalue weighted by Crippen LogP contribution is 2.42. The number of aryl methyl sites for hydroxylation is 1. The van der Waals surface area contributed by atoms with E-state index in [0.717, 1.165) is 39.9 Å². The predicted molar refractivity (Wildman–Crippen MR) is 253 cm³/mol. The maximum Gasteiger partial charge on any atom is 0.164 e. The Balaban J connectivity index is 0.989. The van der Waals surface area contributed by atoms with E-state index in [4.69, 9.17) is 15.0 Å². The summed E-state index contributed by atoms with van der Waals surface area (Å²) in [5.41, 5.74) is 12.4. The third-order valence-corrected chi connectivity index (χ3v) is 12.9. The van der Waals surface area contributed by atoms with Crippen LogP contribution in [0.1, 0.15) is 25.3 Å². The fourth-order valence-electron chi connectivity index (χ4n) is 8.61. The molecule has 286 valence electrons. The van der Waals surface area contributed by atoms with Gasteiger partial charge in [-0.25, -0.2) is 15.0 Å². The van der Waals surface area contributed by atoms with E-state index in [1.807, 2.05) is 29.5 Å². The van der Waals surface area contributed by atoms with Crippen LogP contribution in [-0.4, -0.2) is 19.5 Å². The van der Waals surface area contributed by atoms with Crippen molar-refractivity contribution < 1.29 is 0 Å². The molecule has 11 rings (SSSR count). The molecule has 0 atom stereocenters. The van der Waals surface area contributed by atoms with Crippen LogP contribution >= 0.6 is 11.3 Å². The predicted octanol–water partition coefficient (Wildman–Crippen LogP) is 15.0. The molecule has 0 spiro atoms. The summed E-state index contributed by atoms with van der Waals surface area (Å²) in [7, 11) is 0. The maximum atomic E-state index is 5.08. The largest absolute Gasteiger partial charge is 0.309 e. The number of benzene rings is 8. The fraction of sp³-hybridized carbons (Fsp3) is 0.0727. The number of rotatable bonds is 9. The van der Waals surface area contributed by atoms with Crippen molar-refractivity contribution >= 4 is 53.3 Å². The molecule has 0 unspecified atom stereocenters. The van der Waals surface area contributed by atoms with Gasteiger partial charge in [0.25, 0.3) is 0 Å². The Labute approximate surface area is 353 Å². The van der Waals surface area contributed by atoms with Crippen LogP contribution in [-0.2, 0) is 6.42 Å². The van der Waals surface area contributed by atoms with Crippen LogP contribution in [0, 0.1) is 0 Å². The third kappa shape index (κ3) is 6.44. The summed E-state index contributed by atoms with van der Waals surface area (Å²) < 4.78 is 5.05. The van der Waals surface area contributed by atoms with Gasteiger partial charge in [-0.1, -0.05) is 159 Å². The lowest BCUT2D eigenvalue weighted by atomic mass is 10.0. The molecule has 4 nitrogen and oxygen atoms in total. The van der Waals surface area contributed by atoms with Crippen LogP contribution < -0.4 is 0 Å². The molecule has 0 N–H and O–H groups in total. The SMILES string of the molecule is CCCCc1ccc(-c2nc(-c3ccccc3)nc(-c3cccc(-c4cccc(-n5c6ccccc6c6cc(-c7cccc8c7sc7ccccc78)ccc65)c4)c3)n2)cc1. The summed E-state index contributed by atoms with van der Waals surface area (Å²) in [6, 6.07) is 67.5. The average Bonchev–Trinajstić information content (AvgIpc) is 3.87. The van der Waals surface area contributed by atoms with Crippen molar-refractivity contribution in [1.29, 1.82) is 0 Å². The van der Waals surface area contributed by atoms with Crippen LogP contribution in [0.2, 0.25) is 0 Å². The Kier molecular flexibility index (Phi) is 9.09. The van der Waals surface area contributed by atoms with Crippen molar-refractivity contribution in [3.8, 4) is 62.1 Å². The van der Waals surface area contributed by atoms with Crippen LogP contribution in [0.3, 0.4) is 0 Å². The average molecular weight is 789 g/mol. The Morgan fingerprint density at radius 2 is 1.03 bits per heavy atom. The number of unbranched alkanes of at least 4 members (excludes halogenated alkanes) is 1. The summed E-state index contributed by atoms with van der Waals surface area (Å²) in [6.07, 6.45) is 3.43. The summed E-state index contributed by atoms with van der Waals surface area (Å²) in [5.74, 6) is 1.98. The molecular formula is C55H40N4S. The first-order chi connectivity index (χ1) is 29.7. The van der Waals surface area contributed by atoms with Gasteiger partial charge in [0.15, 0.2) is 17.5 Å². The van der Waals surface area contributed by atoms with E-state index in [0.29, 0.717) is 17.5 Å². The van der Waals surface area contributed by atoms with Gasteiger partial charge in [0.05, 0.1) is 11.0 Å². The molecule has 0 amide bonds. The lowest BCUT2D eigenvalue weighted by Gasteiger charge is -2.12. The van der Waals surface area contributed by atoms with Crippen LogP contribution in [0.15, 0.2) is 188 Å². The van der Waals surface area contributed by atoms with Gasteiger partial charge in [0, 0.05) is 53.3 Å². The molecule has 3 heterocycles. The molecule has 0 aliphatic rings. The molecular weight excluding hydrogens is 749 g/mol. The first-order valence-electron chi connectivity index (χ1n) is 20.7. The van der Waals surface area contributed by atoms with Gasteiger partial charge >= 0.3 is 0 Å². The standard InChI is InChI=1S/C55H40N4S/c1-2-3-14-36-27-29-38(30-28-36)54-56-53(37-15-5-4-6-16-37)57-55(58-54)42-19-11-17-39(33-42)40-18-12-20-43(34-40)59-49-25-9-7-21-45(49)48-35-41(31-32-50(48)59)44-23-13-24-47-46-22-8-10-26-51(46)60-52(44)47/h4-13,15-35H,2-3,14H2,1H3. The highest BCUT2D eigenvalue weighted by molar-refractivity contribution is 7.26. The second-order valence-electron chi connectivity index (χ2n) is 15.5. The zero-order chi connectivity index (χ0) is 40.0. The summed E-state index contributed by atoms with van der Waals surface area (Å²) >= 11 is 1.88.